The third-order valence-electron chi connectivity index (χ3n) is 4.03. The summed E-state index contributed by atoms with van der Waals surface area (Å²) >= 11 is 0. The lowest BCUT2D eigenvalue weighted by Crippen LogP contribution is -2.48. The zero-order valence-corrected chi connectivity index (χ0v) is 12.8. The minimum Gasteiger partial charge on any atom is -0.496 e. The highest BCUT2D eigenvalue weighted by Crippen LogP contribution is 2.33. The molecule has 21 heavy (non-hydrogen) atoms. The molecule has 114 valence electrons. The zero-order chi connectivity index (χ0) is 15.3. The van der Waals surface area contributed by atoms with Crippen LogP contribution in [0.2, 0.25) is 0 Å². The summed E-state index contributed by atoms with van der Waals surface area (Å²) in [6.07, 6.45) is 3.48. The van der Waals surface area contributed by atoms with E-state index in [-0.39, 0.29) is 6.10 Å². The second kappa shape index (κ2) is 6.68. The molecule has 1 N–H and O–H groups in total. The zero-order valence-electron chi connectivity index (χ0n) is 12.8. The number of nitrogens with one attached hydrogen (secondary N) is 1. The topological polar surface area (TPSA) is 63.5 Å². The number of hydrogen-bond acceptors (Lipinski definition) is 5. The van der Waals surface area contributed by atoms with Gasteiger partial charge in [0.1, 0.15) is 28.9 Å². The quantitative estimate of drug-likeness (QED) is 0.902. The highest BCUT2D eigenvalue weighted by atomic mass is 16.5. The molecule has 1 fully saturated rings. The van der Waals surface area contributed by atoms with E-state index in [1.807, 2.05) is 19.2 Å². The largest absolute Gasteiger partial charge is 0.496 e. The van der Waals surface area contributed by atoms with Crippen molar-refractivity contribution in [1.29, 1.82) is 5.26 Å². The standard InChI is InChI=1S/C16H22N2O3/c1-18-16(11-17)6-4-5-12(10-16)21-15-8-13(19-2)7-14(9-15)20-3/h7-9,12,18H,4-6,10H2,1-3H3. The van der Waals surface area contributed by atoms with Gasteiger partial charge in [-0.1, -0.05) is 0 Å². The molecule has 1 aromatic carbocycles. The summed E-state index contributed by atoms with van der Waals surface area (Å²) in [6.45, 7) is 0. The van der Waals surface area contributed by atoms with Crippen molar-refractivity contribution in [3.63, 3.8) is 0 Å². The van der Waals surface area contributed by atoms with Gasteiger partial charge in [-0.25, -0.2) is 0 Å². The van der Waals surface area contributed by atoms with Gasteiger partial charge in [-0.05, 0) is 26.3 Å². The van der Waals surface area contributed by atoms with Crippen LogP contribution in [-0.2, 0) is 0 Å². The van der Waals surface area contributed by atoms with Crippen LogP contribution in [0, 0.1) is 11.3 Å². The van der Waals surface area contributed by atoms with E-state index in [0.29, 0.717) is 23.7 Å². The van der Waals surface area contributed by atoms with E-state index in [0.717, 1.165) is 19.3 Å². The van der Waals surface area contributed by atoms with E-state index < -0.39 is 5.54 Å². The third kappa shape index (κ3) is 3.59. The van der Waals surface area contributed by atoms with Crippen molar-refractivity contribution < 1.29 is 14.2 Å². The third-order valence-corrected chi connectivity index (χ3v) is 4.03. The first-order valence-electron chi connectivity index (χ1n) is 7.14. The van der Waals surface area contributed by atoms with Gasteiger partial charge in [-0.2, -0.15) is 5.26 Å². The molecule has 5 heteroatoms. The van der Waals surface area contributed by atoms with Crippen molar-refractivity contribution in [2.75, 3.05) is 21.3 Å². The number of nitriles is 1. The van der Waals surface area contributed by atoms with E-state index in [2.05, 4.69) is 11.4 Å². The van der Waals surface area contributed by atoms with Gasteiger partial charge < -0.3 is 19.5 Å². The lowest BCUT2D eigenvalue weighted by Gasteiger charge is -2.35. The minimum absolute atomic E-state index is 0.0164. The Morgan fingerprint density at radius 3 is 2.33 bits per heavy atom. The number of rotatable bonds is 5. The van der Waals surface area contributed by atoms with Gasteiger partial charge in [0.15, 0.2) is 0 Å². The summed E-state index contributed by atoms with van der Waals surface area (Å²) < 4.78 is 16.5. The molecule has 5 nitrogen and oxygen atoms in total. The summed E-state index contributed by atoms with van der Waals surface area (Å²) in [5.41, 5.74) is -0.480. The van der Waals surface area contributed by atoms with Crippen LogP contribution in [0.15, 0.2) is 18.2 Å². The second-order valence-electron chi connectivity index (χ2n) is 5.33. The van der Waals surface area contributed by atoms with Crippen LogP contribution in [-0.4, -0.2) is 32.9 Å². The lowest BCUT2D eigenvalue weighted by atomic mass is 9.81. The normalized spacial score (nSPS) is 25.0. The molecular weight excluding hydrogens is 268 g/mol. The fraction of sp³-hybridized carbons (Fsp3) is 0.562. The lowest BCUT2D eigenvalue weighted by molar-refractivity contribution is 0.115. The molecule has 2 rings (SSSR count). The van der Waals surface area contributed by atoms with Gasteiger partial charge in [0.05, 0.1) is 20.3 Å². The summed E-state index contributed by atoms with van der Waals surface area (Å²) in [4.78, 5) is 0. The maximum Gasteiger partial charge on any atom is 0.127 e. The van der Waals surface area contributed by atoms with Crippen LogP contribution >= 0.6 is 0 Å². The molecule has 2 atom stereocenters. The molecule has 1 saturated carbocycles. The van der Waals surface area contributed by atoms with E-state index in [4.69, 9.17) is 14.2 Å². The van der Waals surface area contributed by atoms with E-state index >= 15 is 0 Å². The summed E-state index contributed by atoms with van der Waals surface area (Å²) in [6, 6.07) is 7.87. The smallest absolute Gasteiger partial charge is 0.127 e. The van der Waals surface area contributed by atoms with Crippen molar-refractivity contribution in [2.24, 2.45) is 0 Å². The van der Waals surface area contributed by atoms with Crippen LogP contribution < -0.4 is 19.5 Å². The van der Waals surface area contributed by atoms with Crippen molar-refractivity contribution in [2.45, 2.75) is 37.3 Å². The molecule has 1 aliphatic carbocycles. The molecule has 0 heterocycles. The number of ether oxygens (including phenoxy) is 3. The fourth-order valence-corrected chi connectivity index (χ4v) is 2.75. The first kappa shape index (κ1) is 15.5. The number of benzene rings is 1. The Morgan fingerprint density at radius 1 is 1.19 bits per heavy atom. The van der Waals surface area contributed by atoms with Gasteiger partial charge >= 0.3 is 0 Å². The molecule has 0 spiro atoms. The van der Waals surface area contributed by atoms with Crippen LogP contribution in [0.25, 0.3) is 0 Å². The molecule has 0 aromatic heterocycles. The monoisotopic (exact) mass is 290 g/mol. The maximum atomic E-state index is 9.38. The Kier molecular flexibility index (Phi) is 4.92. The first-order valence-corrected chi connectivity index (χ1v) is 7.14. The van der Waals surface area contributed by atoms with Crippen molar-refractivity contribution in [1.82, 2.24) is 5.32 Å². The molecule has 0 amide bonds. The highest BCUT2D eigenvalue weighted by molar-refractivity contribution is 5.42. The average Bonchev–Trinajstić information content (AvgIpc) is 2.54. The first-order chi connectivity index (χ1) is 10.1. The Morgan fingerprint density at radius 2 is 1.81 bits per heavy atom. The van der Waals surface area contributed by atoms with E-state index in [1.54, 1.807) is 20.3 Å². The van der Waals surface area contributed by atoms with E-state index in [9.17, 15) is 5.26 Å². The average molecular weight is 290 g/mol. The number of hydrogen-bond donors (Lipinski definition) is 1. The molecule has 0 aliphatic heterocycles. The molecular formula is C16H22N2O3. The Balaban J connectivity index is 2.12. The van der Waals surface area contributed by atoms with Crippen LogP contribution in [0.5, 0.6) is 17.2 Å². The highest BCUT2D eigenvalue weighted by Gasteiger charge is 2.36. The summed E-state index contributed by atoms with van der Waals surface area (Å²) in [5, 5.41) is 12.5. The van der Waals surface area contributed by atoms with Crippen LogP contribution in [0.3, 0.4) is 0 Å². The van der Waals surface area contributed by atoms with Crippen LogP contribution in [0.4, 0.5) is 0 Å². The van der Waals surface area contributed by atoms with Gasteiger partial charge in [0.25, 0.3) is 0 Å². The number of methoxy groups -OCH3 is 2. The Bertz CT molecular complexity index is 504. The second-order valence-corrected chi connectivity index (χ2v) is 5.33. The van der Waals surface area contributed by atoms with E-state index in [1.165, 1.54) is 0 Å². The Labute approximate surface area is 125 Å². The molecule has 2 unspecified atom stereocenters. The predicted octanol–water partition coefficient (Wildman–Crippen LogP) is 2.51. The van der Waals surface area contributed by atoms with Crippen molar-refractivity contribution in [3.05, 3.63) is 18.2 Å². The van der Waals surface area contributed by atoms with Gasteiger partial charge in [-0.15, -0.1) is 0 Å². The van der Waals surface area contributed by atoms with Gasteiger partial charge in [-0.3, -0.25) is 0 Å². The summed E-state index contributed by atoms with van der Waals surface area (Å²) in [5.74, 6) is 2.10. The van der Waals surface area contributed by atoms with Crippen LogP contribution in [0.1, 0.15) is 25.7 Å². The summed E-state index contributed by atoms with van der Waals surface area (Å²) in [7, 11) is 5.06. The van der Waals surface area contributed by atoms with Gasteiger partial charge in [0, 0.05) is 24.6 Å². The molecule has 0 radical (unpaired) electrons. The van der Waals surface area contributed by atoms with Crippen molar-refractivity contribution >= 4 is 0 Å². The fourth-order valence-electron chi connectivity index (χ4n) is 2.75. The molecule has 0 saturated heterocycles. The minimum atomic E-state index is -0.480. The molecule has 0 bridgehead atoms. The molecule has 1 aromatic rings. The Hall–Kier alpha value is -1.93. The van der Waals surface area contributed by atoms with Gasteiger partial charge in [0.2, 0.25) is 0 Å². The predicted molar refractivity (Wildman–Crippen MR) is 79.8 cm³/mol. The molecule has 1 aliphatic rings. The van der Waals surface area contributed by atoms with Crippen molar-refractivity contribution in [3.8, 4) is 23.3 Å². The maximum absolute atomic E-state index is 9.38. The number of nitrogens with zero attached hydrogens (tertiary/aromatic N) is 1. The SMILES string of the molecule is CNC1(C#N)CCCC(Oc2cc(OC)cc(OC)c2)C1.